The topological polar surface area (TPSA) is 72.6 Å². The van der Waals surface area contributed by atoms with Gasteiger partial charge in [-0.25, -0.2) is 0 Å². The van der Waals surface area contributed by atoms with Crippen LogP contribution in [0.2, 0.25) is 0 Å². The highest BCUT2D eigenvalue weighted by atomic mass is 19.4. The fraction of sp³-hybridized carbons (Fsp3) is 0.182. The van der Waals surface area contributed by atoms with Gasteiger partial charge in [-0.05, 0) is 17.7 Å². The van der Waals surface area contributed by atoms with Gasteiger partial charge in [-0.15, -0.1) is 13.2 Å². The summed E-state index contributed by atoms with van der Waals surface area (Å²) in [6.07, 6.45) is -2.36. The summed E-state index contributed by atoms with van der Waals surface area (Å²) in [6.45, 7) is 0. The van der Waals surface area contributed by atoms with E-state index in [1.165, 1.54) is 24.3 Å². The second-order valence-corrected chi connectivity index (χ2v) is 3.35. The first-order valence-electron chi connectivity index (χ1n) is 4.81. The van der Waals surface area contributed by atoms with Crippen molar-refractivity contribution in [1.29, 1.82) is 0 Å². The van der Waals surface area contributed by atoms with Crippen molar-refractivity contribution in [3.63, 3.8) is 0 Å². The molecule has 1 aromatic carbocycles. The molecule has 1 rings (SSSR count). The molecule has 0 saturated heterocycles. The van der Waals surface area contributed by atoms with Gasteiger partial charge >= 0.3 is 12.3 Å². The number of carboxylic acid groups (broad SMARTS) is 1. The van der Waals surface area contributed by atoms with Crippen LogP contribution in [-0.4, -0.2) is 17.4 Å². The third-order valence-corrected chi connectivity index (χ3v) is 1.87. The van der Waals surface area contributed by atoms with Crippen molar-refractivity contribution in [3.05, 3.63) is 29.8 Å². The average Bonchev–Trinajstić information content (AvgIpc) is 2.20. The molecule has 0 bridgehead atoms. The standard InChI is InChI=1S/C11H10F3NO3/c12-11(13,14)18-9-6-7(4-5-8(9)15)2-1-3-10(16)17/h1-2,4-6H,3,15H2,(H,16,17). The number of carbonyl (C=O) groups is 1. The normalized spacial score (nSPS) is 11.7. The van der Waals surface area contributed by atoms with Gasteiger partial charge in [0.1, 0.15) is 0 Å². The lowest BCUT2D eigenvalue weighted by molar-refractivity contribution is -0.274. The Morgan fingerprint density at radius 3 is 2.67 bits per heavy atom. The quantitative estimate of drug-likeness (QED) is 0.817. The number of alkyl halides is 3. The number of nitrogens with two attached hydrogens (primary N) is 1. The predicted octanol–water partition coefficient (Wildman–Crippen LogP) is 2.66. The lowest BCUT2D eigenvalue weighted by Crippen LogP contribution is -2.18. The van der Waals surface area contributed by atoms with Crippen LogP contribution >= 0.6 is 0 Å². The summed E-state index contributed by atoms with van der Waals surface area (Å²) in [6, 6.07) is 3.79. The molecule has 0 unspecified atom stereocenters. The molecule has 98 valence electrons. The van der Waals surface area contributed by atoms with E-state index in [9.17, 15) is 18.0 Å². The van der Waals surface area contributed by atoms with E-state index in [1.807, 2.05) is 0 Å². The second kappa shape index (κ2) is 5.44. The first-order chi connectivity index (χ1) is 8.28. The van der Waals surface area contributed by atoms with Crippen LogP contribution in [-0.2, 0) is 4.79 Å². The number of nitrogen functional groups attached to an aromatic ring is 1. The van der Waals surface area contributed by atoms with Crippen LogP contribution in [0.15, 0.2) is 24.3 Å². The molecule has 0 aliphatic rings. The van der Waals surface area contributed by atoms with Crippen LogP contribution < -0.4 is 10.5 Å². The van der Waals surface area contributed by atoms with Crippen LogP contribution in [0.1, 0.15) is 12.0 Å². The maximum absolute atomic E-state index is 12.0. The Labute approximate surface area is 100 Å². The summed E-state index contributed by atoms with van der Waals surface area (Å²) in [5.74, 6) is -1.55. The van der Waals surface area contributed by atoms with Crippen LogP contribution in [0.5, 0.6) is 5.75 Å². The highest BCUT2D eigenvalue weighted by molar-refractivity contribution is 5.71. The summed E-state index contributed by atoms with van der Waals surface area (Å²) in [7, 11) is 0. The van der Waals surface area contributed by atoms with Crippen molar-refractivity contribution >= 4 is 17.7 Å². The zero-order valence-corrected chi connectivity index (χ0v) is 9.07. The molecular formula is C11H10F3NO3. The van der Waals surface area contributed by atoms with E-state index in [1.54, 1.807) is 0 Å². The van der Waals surface area contributed by atoms with Gasteiger partial charge in [-0.2, -0.15) is 0 Å². The molecule has 0 fully saturated rings. The van der Waals surface area contributed by atoms with Crippen molar-refractivity contribution in [1.82, 2.24) is 0 Å². The molecule has 1 aromatic rings. The second-order valence-electron chi connectivity index (χ2n) is 3.35. The molecule has 0 aromatic heterocycles. The molecule has 7 heteroatoms. The highest BCUT2D eigenvalue weighted by Crippen LogP contribution is 2.29. The van der Waals surface area contributed by atoms with Gasteiger partial charge in [-0.1, -0.05) is 18.2 Å². The van der Waals surface area contributed by atoms with Gasteiger partial charge in [0.05, 0.1) is 12.1 Å². The summed E-state index contributed by atoms with van der Waals surface area (Å²) >= 11 is 0. The van der Waals surface area contributed by atoms with E-state index in [0.717, 1.165) is 6.07 Å². The Balaban J connectivity index is 2.87. The van der Waals surface area contributed by atoms with Crippen molar-refractivity contribution in [2.45, 2.75) is 12.8 Å². The maximum atomic E-state index is 12.0. The van der Waals surface area contributed by atoms with Crippen molar-refractivity contribution < 1.29 is 27.8 Å². The number of halogens is 3. The number of aliphatic carboxylic acids is 1. The van der Waals surface area contributed by atoms with Crippen molar-refractivity contribution in [2.24, 2.45) is 0 Å². The molecule has 0 aliphatic carbocycles. The van der Waals surface area contributed by atoms with Crippen LogP contribution in [0.25, 0.3) is 6.08 Å². The monoisotopic (exact) mass is 261 g/mol. The number of hydrogen-bond donors (Lipinski definition) is 2. The smallest absolute Gasteiger partial charge is 0.481 e. The van der Waals surface area contributed by atoms with Gasteiger partial charge in [0.2, 0.25) is 0 Å². The van der Waals surface area contributed by atoms with Gasteiger partial charge < -0.3 is 15.6 Å². The minimum atomic E-state index is -4.82. The predicted molar refractivity (Wildman–Crippen MR) is 58.8 cm³/mol. The molecule has 0 aliphatic heterocycles. The maximum Gasteiger partial charge on any atom is 0.573 e. The van der Waals surface area contributed by atoms with E-state index in [4.69, 9.17) is 10.8 Å². The Kier molecular flexibility index (Phi) is 4.19. The lowest BCUT2D eigenvalue weighted by Gasteiger charge is -2.11. The highest BCUT2D eigenvalue weighted by Gasteiger charge is 2.31. The Morgan fingerprint density at radius 2 is 2.11 bits per heavy atom. The molecule has 4 nitrogen and oxygen atoms in total. The van der Waals surface area contributed by atoms with Crippen LogP contribution in [0.3, 0.4) is 0 Å². The van der Waals surface area contributed by atoms with E-state index >= 15 is 0 Å². The van der Waals surface area contributed by atoms with Gasteiger partial charge in [-0.3, -0.25) is 4.79 Å². The number of rotatable bonds is 4. The van der Waals surface area contributed by atoms with Crippen molar-refractivity contribution in [3.8, 4) is 5.75 Å². The molecule has 0 saturated carbocycles. The number of hydrogen-bond acceptors (Lipinski definition) is 3. The zero-order chi connectivity index (χ0) is 13.8. The molecule has 0 heterocycles. The lowest BCUT2D eigenvalue weighted by atomic mass is 10.1. The van der Waals surface area contributed by atoms with Gasteiger partial charge in [0.25, 0.3) is 0 Å². The Hall–Kier alpha value is -2.18. The number of benzene rings is 1. The van der Waals surface area contributed by atoms with Crippen LogP contribution in [0, 0.1) is 0 Å². The number of ether oxygens (including phenoxy) is 1. The van der Waals surface area contributed by atoms with E-state index < -0.39 is 18.1 Å². The minimum absolute atomic E-state index is 0.150. The van der Waals surface area contributed by atoms with E-state index in [2.05, 4.69) is 4.74 Å². The fourth-order valence-electron chi connectivity index (χ4n) is 1.16. The molecule has 0 atom stereocenters. The molecule has 3 N–H and O–H groups in total. The summed E-state index contributed by atoms with van der Waals surface area (Å²) in [5.41, 5.74) is 5.55. The number of anilines is 1. The van der Waals surface area contributed by atoms with Gasteiger partial charge in [0, 0.05) is 0 Å². The summed E-state index contributed by atoms with van der Waals surface area (Å²) in [5, 5.41) is 8.40. The average molecular weight is 261 g/mol. The Morgan fingerprint density at radius 1 is 1.44 bits per heavy atom. The fourth-order valence-corrected chi connectivity index (χ4v) is 1.16. The van der Waals surface area contributed by atoms with E-state index in [0.29, 0.717) is 5.56 Å². The van der Waals surface area contributed by atoms with Gasteiger partial charge in [0.15, 0.2) is 5.75 Å². The molecule has 0 radical (unpaired) electrons. The molecule has 18 heavy (non-hydrogen) atoms. The molecular weight excluding hydrogens is 251 g/mol. The first kappa shape index (κ1) is 13.9. The van der Waals surface area contributed by atoms with E-state index in [-0.39, 0.29) is 12.1 Å². The SMILES string of the molecule is Nc1ccc(C=CCC(=O)O)cc1OC(F)(F)F. The molecule has 0 spiro atoms. The summed E-state index contributed by atoms with van der Waals surface area (Å²) in [4.78, 5) is 10.3. The third kappa shape index (κ3) is 4.77. The minimum Gasteiger partial charge on any atom is -0.481 e. The third-order valence-electron chi connectivity index (χ3n) is 1.87. The molecule has 0 amide bonds. The first-order valence-corrected chi connectivity index (χ1v) is 4.81. The largest absolute Gasteiger partial charge is 0.573 e. The van der Waals surface area contributed by atoms with Crippen LogP contribution in [0.4, 0.5) is 18.9 Å². The van der Waals surface area contributed by atoms with Crippen molar-refractivity contribution in [2.75, 3.05) is 5.73 Å². The Bertz CT molecular complexity index is 469. The zero-order valence-electron chi connectivity index (χ0n) is 9.07. The number of carboxylic acids is 1. The summed E-state index contributed by atoms with van der Waals surface area (Å²) < 4.78 is 39.8.